The Bertz CT molecular complexity index is 764. The topological polar surface area (TPSA) is 85.8 Å². The highest BCUT2D eigenvalue weighted by atomic mass is 127. The number of nitrogens with one attached hydrogen (secondary N) is 3. The van der Waals surface area contributed by atoms with Crippen molar-refractivity contribution >= 4 is 47.4 Å². The van der Waals surface area contributed by atoms with Gasteiger partial charge in [-0.05, 0) is 43.4 Å². The summed E-state index contributed by atoms with van der Waals surface area (Å²) in [5, 5.41) is 9.72. The van der Waals surface area contributed by atoms with E-state index < -0.39 is 0 Å². The minimum atomic E-state index is 0. The van der Waals surface area contributed by atoms with Crippen molar-refractivity contribution in [3.63, 3.8) is 0 Å². The second kappa shape index (κ2) is 12.9. The van der Waals surface area contributed by atoms with Crippen molar-refractivity contribution in [2.45, 2.75) is 64.5 Å². The zero-order chi connectivity index (χ0) is 21.3. The fourth-order valence-electron chi connectivity index (χ4n) is 4.29. The van der Waals surface area contributed by atoms with Gasteiger partial charge in [0.2, 0.25) is 11.8 Å². The molecular weight excluding hydrogens is 505 g/mol. The third kappa shape index (κ3) is 7.66. The van der Waals surface area contributed by atoms with E-state index in [9.17, 15) is 9.59 Å². The number of guanidine groups is 1. The van der Waals surface area contributed by atoms with E-state index in [2.05, 4.69) is 20.9 Å². The normalized spacial score (nSPS) is 19.1. The van der Waals surface area contributed by atoms with E-state index in [1.807, 2.05) is 36.1 Å². The second-order valence-electron chi connectivity index (χ2n) is 8.32. The lowest BCUT2D eigenvalue weighted by atomic mass is 10.1. The number of benzene rings is 1. The summed E-state index contributed by atoms with van der Waals surface area (Å²) < 4.78 is 0. The smallest absolute Gasteiger partial charge is 0.225 e. The molecule has 1 aromatic carbocycles. The lowest BCUT2D eigenvalue weighted by Gasteiger charge is -2.21. The van der Waals surface area contributed by atoms with Crippen LogP contribution in [0.15, 0.2) is 29.3 Å². The molecule has 2 aliphatic rings. The van der Waals surface area contributed by atoms with Gasteiger partial charge in [-0.15, -0.1) is 24.0 Å². The van der Waals surface area contributed by atoms with Crippen molar-refractivity contribution in [2.24, 2.45) is 10.9 Å². The van der Waals surface area contributed by atoms with Crippen LogP contribution in [0.25, 0.3) is 0 Å². The molecule has 1 atom stereocenters. The fraction of sp³-hybridized carbons (Fsp3) is 0.609. The van der Waals surface area contributed by atoms with E-state index >= 15 is 0 Å². The Morgan fingerprint density at radius 1 is 1.19 bits per heavy atom. The van der Waals surface area contributed by atoms with Crippen LogP contribution in [-0.4, -0.2) is 48.9 Å². The first-order valence-corrected chi connectivity index (χ1v) is 11.2. The number of rotatable bonds is 7. The highest BCUT2D eigenvalue weighted by Crippen LogP contribution is 2.27. The summed E-state index contributed by atoms with van der Waals surface area (Å²) in [5.41, 5.74) is 1.88. The van der Waals surface area contributed by atoms with E-state index in [1.54, 1.807) is 7.05 Å². The summed E-state index contributed by atoms with van der Waals surface area (Å²) in [6, 6.07) is 8.07. The second-order valence-corrected chi connectivity index (χ2v) is 8.32. The van der Waals surface area contributed by atoms with Gasteiger partial charge in [-0.25, -0.2) is 0 Å². The van der Waals surface area contributed by atoms with Gasteiger partial charge in [0.15, 0.2) is 5.96 Å². The molecule has 3 rings (SSSR count). The molecule has 1 unspecified atom stereocenters. The molecule has 0 radical (unpaired) electrons. The molecule has 1 saturated carbocycles. The predicted molar refractivity (Wildman–Crippen MR) is 136 cm³/mol. The van der Waals surface area contributed by atoms with Crippen LogP contribution >= 0.6 is 24.0 Å². The average molecular weight is 541 g/mol. The quantitative estimate of drug-likeness (QED) is 0.280. The number of hydrogen-bond donors (Lipinski definition) is 3. The monoisotopic (exact) mass is 541 g/mol. The van der Waals surface area contributed by atoms with Crippen LogP contribution in [0.1, 0.15) is 57.4 Å². The van der Waals surface area contributed by atoms with Crippen molar-refractivity contribution in [2.75, 3.05) is 25.5 Å². The lowest BCUT2D eigenvalue weighted by Crippen LogP contribution is -2.45. The first kappa shape index (κ1) is 25.4. The van der Waals surface area contributed by atoms with Gasteiger partial charge in [-0.3, -0.25) is 14.6 Å². The summed E-state index contributed by atoms with van der Waals surface area (Å²) in [4.78, 5) is 30.8. The number of amides is 2. The Morgan fingerprint density at radius 2 is 1.97 bits per heavy atom. The number of nitrogens with zero attached hydrogens (tertiary/aromatic N) is 2. The summed E-state index contributed by atoms with van der Waals surface area (Å²) in [7, 11) is 1.76. The van der Waals surface area contributed by atoms with Gasteiger partial charge in [0.05, 0.1) is 0 Å². The number of likely N-dealkylation sites (tertiary alicyclic amines) is 1. The number of aliphatic imine (C=N–C) groups is 1. The van der Waals surface area contributed by atoms with Gasteiger partial charge < -0.3 is 20.9 Å². The van der Waals surface area contributed by atoms with Crippen LogP contribution in [0.5, 0.6) is 0 Å². The van der Waals surface area contributed by atoms with E-state index in [0.717, 1.165) is 56.0 Å². The Kier molecular flexibility index (Phi) is 10.6. The van der Waals surface area contributed by atoms with Crippen molar-refractivity contribution < 1.29 is 9.59 Å². The number of anilines is 1. The Balaban J connectivity index is 0.00000341. The minimum absolute atomic E-state index is 0. The Labute approximate surface area is 202 Å². The standard InChI is InChI=1S/C23H35N5O2.HI/c1-3-7-21(29)26-19-11-6-8-17(14-19)15-25-23(24-2)27-20-12-13-28(16-20)22(30)18-9-4-5-10-18;/h6,8,11,14,18,20H,3-5,7,9-10,12-13,15-16H2,1-2H3,(H,26,29)(H2,24,25,27);1H. The van der Waals surface area contributed by atoms with Crippen molar-refractivity contribution in [3.05, 3.63) is 29.8 Å². The first-order chi connectivity index (χ1) is 14.6. The van der Waals surface area contributed by atoms with Crippen LogP contribution in [-0.2, 0) is 16.1 Å². The molecule has 31 heavy (non-hydrogen) atoms. The molecule has 7 nitrogen and oxygen atoms in total. The zero-order valence-corrected chi connectivity index (χ0v) is 21.0. The molecule has 1 saturated heterocycles. The van der Waals surface area contributed by atoms with E-state index in [4.69, 9.17) is 0 Å². The number of carbonyl (C=O) groups is 2. The zero-order valence-electron chi connectivity index (χ0n) is 18.7. The number of halogens is 1. The van der Waals surface area contributed by atoms with Crippen LogP contribution < -0.4 is 16.0 Å². The van der Waals surface area contributed by atoms with Crippen molar-refractivity contribution in [1.29, 1.82) is 0 Å². The molecule has 8 heteroatoms. The van der Waals surface area contributed by atoms with Gasteiger partial charge in [0.1, 0.15) is 0 Å². The molecule has 1 aliphatic heterocycles. The average Bonchev–Trinajstić information content (AvgIpc) is 3.43. The molecule has 2 fully saturated rings. The Hall–Kier alpha value is -1.84. The minimum Gasteiger partial charge on any atom is -0.352 e. The molecule has 1 heterocycles. The summed E-state index contributed by atoms with van der Waals surface area (Å²) in [6.45, 7) is 4.17. The van der Waals surface area contributed by atoms with Crippen LogP contribution in [0.4, 0.5) is 5.69 Å². The van der Waals surface area contributed by atoms with E-state index in [-0.39, 0.29) is 41.8 Å². The summed E-state index contributed by atoms with van der Waals surface area (Å²) >= 11 is 0. The summed E-state index contributed by atoms with van der Waals surface area (Å²) in [5.74, 6) is 1.35. The number of hydrogen-bond acceptors (Lipinski definition) is 3. The van der Waals surface area contributed by atoms with Gasteiger partial charge in [0.25, 0.3) is 0 Å². The van der Waals surface area contributed by atoms with Crippen molar-refractivity contribution in [3.8, 4) is 0 Å². The van der Waals surface area contributed by atoms with E-state index in [0.29, 0.717) is 18.9 Å². The highest BCUT2D eigenvalue weighted by Gasteiger charge is 2.32. The fourth-order valence-corrected chi connectivity index (χ4v) is 4.29. The van der Waals surface area contributed by atoms with Gasteiger partial charge >= 0.3 is 0 Å². The maximum Gasteiger partial charge on any atom is 0.225 e. The largest absolute Gasteiger partial charge is 0.352 e. The third-order valence-corrected chi connectivity index (χ3v) is 5.92. The summed E-state index contributed by atoms with van der Waals surface area (Å²) in [6.07, 6.45) is 6.78. The van der Waals surface area contributed by atoms with Crippen LogP contribution in [0.2, 0.25) is 0 Å². The van der Waals surface area contributed by atoms with Gasteiger partial charge in [-0.1, -0.05) is 31.9 Å². The molecule has 172 valence electrons. The highest BCUT2D eigenvalue weighted by molar-refractivity contribution is 14.0. The predicted octanol–water partition coefficient (Wildman–Crippen LogP) is 3.50. The van der Waals surface area contributed by atoms with Crippen LogP contribution in [0.3, 0.4) is 0 Å². The third-order valence-electron chi connectivity index (χ3n) is 5.92. The lowest BCUT2D eigenvalue weighted by molar-refractivity contribution is -0.134. The molecule has 0 spiro atoms. The molecular formula is C23H36IN5O2. The van der Waals surface area contributed by atoms with Gasteiger partial charge in [-0.2, -0.15) is 0 Å². The van der Waals surface area contributed by atoms with Crippen molar-refractivity contribution in [1.82, 2.24) is 15.5 Å². The van der Waals surface area contributed by atoms with Crippen LogP contribution in [0, 0.1) is 5.92 Å². The molecule has 1 aromatic rings. The Morgan fingerprint density at radius 3 is 2.68 bits per heavy atom. The molecule has 1 aliphatic carbocycles. The van der Waals surface area contributed by atoms with Gasteiger partial charge in [0, 0.05) is 50.7 Å². The molecule has 0 aromatic heterocycles. The maximum absolute atomic E-state index is 12.6. The molecule has 2 amide bonds. The van der Waals surface area contributed by atoms with E-state index in [1.165, 1.54) is 12.8 Å². The molecule has 3 N–H and O–H groups in total. The number of carbonyl (C=O) groups excluding carboxylic acids is 2. The maximum atomic E-state index is 12.6. The molecule has 0 bridgehead atoms. The first-order valence-electron chi connectivity index (χ1n) is 11.2. The SMILES string of the molecule is CCCC(=O)Nc1cccc(CNC(=NC)NC2CCN(C(=O)C3CCCC3)C2)c1.I.